The predicted molar refractivity (Wildman–Crippen MR) is 78.1 cm³/mol. The molecular formula is C14H19N3O4. The predicted octanol–water partition coefficient (Wildman–Crippen LogP) is 1.87. The number of nitrogens with one attached hydrogen (secondary N) is 1. The molecule has 1 fully saturated rings. The largest absolute Gasteiger partial charge is 0.393 e. The second-order valence-electron chi connectivity index (χ2n) is 5.06. The first-order valence-corrected chi connectivity index (χ1v) is 7.01. The van der Waals surface area contributed by atoms with E-state index >= 15 is 0 Å². The molecule has 0 saturated heterocycles. The van der Waals surface area contributed by atoms with Crippen molar-refractivity contribution in [2.45, 2.75) is 31.8 Å². The summed E-state index contributed by atoms with van der Waals surface area (Å²) >= 11 is 0. The summed E-state index contributed by atoms with van der Waals surface area (Å²) in [7, 11) is 0. The molecule has 21 heavy (non-hydrogen) atoms. The van der Waals surface area contributed by atoms with E-state index in [4.69, 9.17) is 10.5 Å². The molecule has 0 atom stereocenters. The van der Waals surface area contributed by atoms with E-state index in [9.17, 15) is 14.9 Å². The average Bonchev–Trinajstić information content (AvgIpc) is 2.96. The fraction of sp³-hybridized carbons (Fsp3) is 0.500. The average molecular weight is 293 g/mol. The number of nitrogens with two attached hydrogens (primary N) is 1. The topological polar surface area (TPSA) is 107 Å². The van der Waals surface area contributed by atoms with Crippen molar-refractivity contribution in [3.63, 3.8) is 0 Å². The summed E-state index contributed by atoms with van der Waals surface area (Å²) in [6.07, 6.45) is 4.87. The molecule has 3 N–H and O–H groups in total. The number of ether oxygens (including phenoxy) is 1. The van der Waals surface area contributed by atoms with Crippen molar-refractivity contribution < 1.29 is 14.5 Å². The molecular weight excluding hydrogens is 274 g/mol. The lowest BCUT2D eigenvalue weighted by molar-refractivity contribution is -0.383. The van der Waals surface area contributed by atoms with E-state index in [0.29, 0.717) is 19.3 Å². The van der Waals surface area contributed by atoms with Gasteiger partial charge in [-0.1, -0.05) is 12.8 Å². The number of carbonyl (C=O) groups is 1. The molecule has 1 aliphatic carbocycles. The van der Waals surface area contributed by atoms with Crippen molar-refractivity contribution >= 4 is 17.3 Å². The number of hydrogen-bond donors (Lipinski definition) is 2. The molecule has 7 heteroatoms. The Balaban J connectivity index is 1.82. The lowest BCUT2D eigenvalue weighted by Crippen LogP contribution is -2.28. The normalized spacial score (nSPS) is 15.0. The number of nitrogen functional groups attached to an aromatic ring is 1. The molecule has 1 aliphatic rings. The van der Waals surface area contributed by atoms with Gasteiger partial charge in [0.25, 0.3) is 11.6 Å². The maximum Gasteiger partial charge on any atom is 0.292 e. The van der Waals surface area contributed by atoms with Crippen molar-refractivity contribution in [2.75, 3.05) is 18.9 Å². The highest BCUT2D eigenvalue weighted by Gasteiger charge is 2.16. The van der Waals surface area contributed by atoms with Crippen LogP contribution in [0, 0.1) is 10.1 Å². The van der Waals surface area contributed by atoms with Gasteiger partial charge in [0.2, 0.25) is 0 Å². The molecule has 1 amide bonds. The molecule has 0 unspecified atom stereocenters. The Kier molecular flexibility index (Phi) is 5.10. The van der Waals surface area contributed by atoms with E-state index in [1.165, 1.54) is 31.0 Å². The summed E-state index contributed by atoms with van der Waals surface area (Å²) in [6.45, 7) is 0.834. The SMILES string of the molecule is Nc1ccc(C(=O)NCCOC2CCCC2)cc1[N+](=O)[O-]. The number of nitro groups is 1. The summed E-state index contributed by atoms with van der Waals surface area (Å²) < 4.78 is 5.63. The minimum atomic E-state index is -0.602. The van der Waals surface area contributed by atoms with E-state index in [2.05, 4.69) is 5.32 Å². The van der Waals surface area contributed by atoms with Crippen LogP contribution in [0.3, 0.4) is 0 Å². The van der Waals surface area contributed by atoms with Crippen molar-refractivity contribution in [1.29, 1.82) is 0 Å². The fourth-order valence-electron chi connectivity index (χ4n) is 2.39. The van der Waals surface area contributed by atoms with E-state index in [1.807, 2.05) is 0 Å². The number of hydrogen-bond acceptors (Lipinski definition) is 5. The molecule has 0 aliphatic heterocycles. The van der Waals surface area contributed by atoms with Gasteiger partial charge in [0.1, 0.15) is 5.69 Å². The van der Waals surface area contributed by atoms with Crippen LogP contribution in [0.5, 0.6) is 0 Å². The van der Waals surface area contributed by atoms with Crippen LogP contribution in [0.4, 0.5) is 11.4 Å². The maximum absolute atomic E-state index is 11.9. The van der Waals surface area contributed by atoms with Crippen molar-refractivity contribution in [2.24, 2.45) is 0 Å². The molecule has 1 aromatic carbocycles. The zero-order valence-corrected chi connectivity index (χ0v) is 11.7. The number of nitrogens with zero attached hydrogens (tertiary/aromatic N) is 1. The Morgan fingerprint density at radius 1 is 1.43 bits per heavy atom. The van der Waals surface area contributed by atoms with Gasteiger partial charge in [0.15, 0.2) is 0 Å². The number of rotatable bonds is 6. The van der Waals surface area contributed by atoms with Crippen LogP contribution in [-0.4, -0.2) is 30.1 Å². The first-order chi connectivity index (χ1) is 10.1. The fourth-order valence-corrected chi connectivity index (χ4v) is 2.39. The van der Waals surface area contributed by atoms with Gasteiger partial charge in [0, 0.05) is 18.2 Å². The Labute approximate surface area is 122 Å². The van der Waals surface area contributed by atoms with Crippen molar-refractivity contribution in [3.8, 4) is 0 Å². The number of amides is 1. The minimum Gasteiger partial charge on any atom is -0.393 e. The Hall–Kier alpha value is -2.15. The first-order valence-electron chi connectivity index (χ1n) is 7.01. The van der Waals surface area contributed by atoms with E-state index in [0.717, 1.165) is 12.8 Å². The quantitative estimate of drug-likeness (QED) is 0.360. The van der Waals surface area contributed by atoms with Gasteiger partial charge in [0.05, 0.1) is 17.6 Å². The van der Waals surface area contributed by atoms with Gasteiger partial charge in [-0.2, -0.15) is 0 Å². The highest BCUT2D eigenvalue weighted by atomic mass is 16.6. The third kappa shape index (κ3) is 4.16. The number of anilines is 1. The van der Waals surface area contributed by atoms with Crippen LogP contribution in [0.2, 0.25) is 0 Å². The van der Waals surface area contributed by atoms with Gasteiger partial charge in [-0.25, -0.2) is 0 Å². The van der Waals surface area contributed by atoms with Crippen LogP contribution in [-0.2, 0) is 4.74 Å². The zero-order chi connectivity index (χ0) is 15.2. The smallest absolute Gasteiger partial charge is 0.292 e. The van der Waals surface area contributed by atoms with Gasteiger partial charge in [-0.05, 0) is 25.0 Å². The van der Waals surface area contributed by atoms with Crippen LogP contribution >= 0.6 is 0 Å². The summed E-state index contributed by atoms with van der Waals surface area (Å²) in [6, 6.07) is 4.01. The van der Waals surface area contributed by atoms with Gasteiger partial charge in [-0.3, -0.25) is 14.9 Å². The molecule has 114 valence electrons. The summed E-state index contributed by atoms with van der Waals surface area (Å²) in [4.78, 5) is 22.1. The Morgan fingerprint density at radius 3 is 2.81 bits per heavy atom. The van der Waals surface area contributed by atoms with Gasteiger partial charge in [-0.15, -0.1) is 0 Å². The molecule has 1 aromatic rings. The van der Waals surface area contributed by atoms with Crippen molar-refractivity contribution in [3.05, 3.63) is 33.9 Å². The van der Waals surface area contributed by atoms with Crippen LogP contribution in [0.15, 0.2) is 18.2 Å². The number of carbonyl (C=O) groups excluding carboxylic acids is 1. The summed E-state index contributed by atoms with van der Waals surface area (Å²) in [5.74, 6) is -0.367. The van der Waals surface area contributed by atoms with E-state index < -0.39 is 4.92 Å². The van der Waals surface area contributed by atoms with Crippen LogP contribution in [0.1, 0.15) is 36.0 Å². The lowest BCUT2D eigenvalue weighted by atomic mass is 10.1. The minimum absolute atomic E-state index is 0.0427. The van der Waals surface area contributed by atoms with E-state index in [-0.39, 0.29) is 22.8 Å². The monoisotopic (exact) mass is 293 g/mol. The summed E-state index contributed by atoms with van der Waals surface area (Å²) in [5.41, 5.74) is 5.49. The summed E-state index contributed by atoms with van der Waals surface area (Å²) in [5, 5.41) is 13.5. The third-order valence-corrected chi connectivity index (χ3v) is 3.53. The standard InChI is InChI=1S/C14H19N3O4/c15-12-6-5-10(9-13(12)17(19)20)14(18)16-7-8-21-11-3-1-2-4-11/h5-6,9,11H,1-4,7-8,15H2,(H,16,18). The molecule has 0 spiro atoms. The third-order valence-electron chi connectivity index (χ3n) is 3.53. The molecule has 0 heterocycles. The highest BCUT2D eigenvalue weighted by Crippen LogP contribution is 2.22. The Bertz CT molecular complexity index is 527. The van der Waals surface area contributed by atoms with Crippen molar-refractivity contribution in [1.82, 2.24) is 5.32 Å². The highest BCUT2D eigenvalue weighted by molar-refractivity contribution is 5.95. The maximum atomic E-state index is 11.9. The zero-order valence-electron chi connectivity index (χ0n) is 11.7. The first kappa shape index (κ1) is 15.2. The molecule has 7 nitrogen and oxygen atoms in total. The van der Waals surface area contributed by atoms with Gasteiger partial charge >= 0.3 is 0 Å². The molecule has 0 bridgehead atoms. The Morgan fingerprint density at radius 2 is 2.14 bits per heavy atom. The van der Waals surface area contributed by atoms with Gasteiger partial charge < -0.3 is 15.8 Å². The molecule has 2 rings (SSSR count). The number of benzene rings is 1. The van der Waals surface area contributed by atoms with Crippen LogP contribution < -0.4 is 11.1 Å². The molecule has 0 aromatic heterocycles. The second kappa shape index (κ2) is 7.03. The second-order valence-corrected chi connectivity index (χ2v) is 5.06. The molecule has 1 saturated carbocycles. The lowest BCUT2D eigenvalue weighted by Gasteiger charge is -2.11. The van der Waals surface area contributed by atoms with Crippen LogP contribution in [0.25, 0.3) is 0 Å². The van der Waals surface area contributed by atoms with E-state index in [1.54, 1.807) is 0 Å². The molecule has 0 radical (unpaired) electrons. The number of nitro benzene ring substituents is 1.